The molecule has 0 N–H and O–H groups in total. The van der Waals surface area contributed by atoms with E-state index in [1.165, 1.54) is 18.4 Å². The van der Waals surface area contributed by atoms with Crippen LogP contribution in [-0.2, 0) is 0 Å². The molecule has 1 saturated heterocycles. The van der Waals surface area contributed by atoms with E-state index in [4.69, 9.17) is 9.05 Å². The number of halogens is 1. The normalized spacial score (nSPS) is 17.5. The Balaban J connectivity index is 1.51. The molecule has 1 atom stereocenters. The monoisotopic (exact) mass is 356 g/mol. The lowest BCUT2D eigenvalue weighted by atomic mass is 9.97. The van der Waals surface area contributed by atoms with Gasteiger partial charge in [0.25, 0.3) is 5.91 Å². The highest BCUT2D eigenvalue weighted by Crippen LogP contribution is 2.28. The first-order valence-electron chi connectivity index (χ1n) is 8.41. The maximum absolute atomic E-state index is 13.0. The van der Waals surface area contributed by atoms with Crippen LogP contribution >= 0.6 is 0 Å². The number of piperidine rings is 1. The van der Waals surface area contributed by atoms with Gasteiger partial charge in [-0.1, -0.05) is 10.3 Å². The van der Waals surface area contributed by atoms with E-state index in [0.717, 1.165) is 12.8 Å². The van der Waals surface area contributed by atoms with Gasteiger partial charge in [0.15, 0.2) is 0 Å². The lowest BCUT2D eigenvalue weighted by Crippen LogP contribution is -2.39. The van der Waals surface area contributed by atoms with Gasteiger partial charge in [-0.3, -0.25) is 4.79 Å². The predicted octanol–water partition coefficient (Wildman–Crippen LogP) is 3.19. The van der Waals surface area contributed by atoms with Gasteiger partial charge in [0.1, 0.15) is 17.6 Å². The smallest absolute Gasteiger partial charge is 0.259 e. The largest absolute Gasteiger partial charge is 0.364 e. The number of amides is 1. The number of carbonyl (C=O) groups is 1. The summed E-state index contributed by atoms with van der Waals surface area (Å²) in [5, 5.41) is 7.75. The number of rotatable bonds is 3. The lowest BCUT2D eigenvalue weighted by Gasteiger charge is -2.30. The fourth-order valence-corrected chi connectivity index (χ4v) is 3.15. The second-order valence-corrected chi connectivity index (χ2v) is 6.37. The van der Waals surface area contributed by atoms with Crippen LogP contribution in [0, 0.1) is 12.7 Å². The van der Waals surface area contributed by atoms with Crippen molar-refractivity contribution in [2.45, 2.75) is 25.7 Å². The van der Waals surface area contributed by atoms with E-state index in [-0.39, 0.29) is 17.6 Å². The van der Waals surface area contributed by atoms with Crippen LogP contribution in [0.1, 0.15) is 40.7 Å². The van der Waals surface area contributed by atoms with E-state index in [0.29, 0.717) is 41.6 Å². The van der Waals surface area contributed by atoms with Crippen molar-refractivity contribution in [3.8, 4) is 11.4 Å². The summed E-state index contributed by atoms with van der Waals surface area (Å²) in [6, 6.07) is 5.92. The van der Waals surface area contributed by atoms with Crippen molar-refractivity contribution in [1.29, 1.82) is 0 Å². The van der Waals surface area contributed by atoms with Crippen LogP contribution in [0.15, 0.2) is 39.6 Å². The number of aryl methyl sites for hydroxylation is 1. The fraction of sp³-hybridized carbons (Fsp3) is 0.333. The minimum Gasteiger partial charge on any atom is -0.364 e. The molecule has 0 bridgehead atoms. The van der Waals surface area contributed by atoms with Crippen LogP contribution in [0.25, 0.3) is 11.4 Å². The first-order chi connectivity index (χ1) is 12.6. The number of benzene rings is 1. The minimum atomic E-state index is -0.317. The van der Waals surface area contributed by atoms with Gasteiger partial charge in [0, 0.05) is 18.7 Å². The molecule has 1 unspecified atom stereocenters. The van der Waals surface area contributed by atoms with Gasteiger partial charge in [-0.05, 0) is 44.0 Å². The number of hydrogen-bond acceptors (Lipinski definition) is 6. The van der Waals surface area contributed by atoms with Crippen LogP contribution in [0.2, 0.25) is 0 Å². The molecule has 1 amide bonds. The summed E-state index contributed by atoms with van der Waals surface area (Å²) in [5.41, 5.74) is 1.74. The van der Waals surface area contributed by atoms with Crippen molar-refractivity contribution in [2.75, 3.05) is 13.1 Å². The standard InChI is InChI=1S/C18H17FN4O3/c1-11-15(10-25-21-11)18(24)23-8-2-3-13(9-23)17-20-16(22-26-17)12-4-6-14(19)7-5-12/h4-7,10,13H,2-3,8-9H2,1H3. The van der Waals surface area contributed by atoms with Gasteiger partial charge in [0.05, 0.1) is 11.6 Å². The first-order valence-corrected chi connectivity index (χ1v) is 8.41. The zero-order chi connectivity index (χ0) is 18.1. The molecule has 3 heterocycles. The third-order valence-corrected chi connectivity index (χ3v) is 4.58. The van der Waals surface area contributed by atoms with Crippen molar-refractivity contribution in [2.24, 2.45) is 0 Å². The number of hydrogen-bond donors (Lipinski definition) is 0. The molecule has 0 saturated carbocycles. The van der Waals surface area contributed by atoms with Gasteiger partial charge in [-0.15, -0.1) is 0 Å². The van der Waals surface area contributed by atoms with Gasteiger partial charge >= 0.3 is 0 Å². The van der Waals surface area contributed by atoms with E-state index in [9.17, 15) is 9.18 Å². The van der Waals surface area contributed by atoms with Gasteiger partial charge in [0.2, 0.25) is 11.7 Å². The van der Waals surface area contributed by atoms with E-state index in [1.54, 1.807) is 24.0 Å². The van der Waals surface area contributed by atoms with Crippen LogP contribution in [0.4, 0.5) is 4.39 Å². The Morgan fingerprint density at radius 1 is 1.27 bits per heavy atom. The Morgan fingerprint density at radius 3 is 2.81 bits per heavy atom. The molecule has 3 aromatic rings. The predicted molar refractivity (Wildman–Crippen MR) is 88.8 cm³/mol. The van der Waals surface area contributed by atoms with E-state index >= 15 is 0 Å². The highest BCUT2D eigenvalue weighted by molar-refractivity contribution is 5.94. The highest BCUT2D eigenvalue weighted by Gasteiger charge is 2.30. The number of nitrogens with zero attached hydrogens (tertiary/aromatic N) is 4. The maximum atomic E-state index is 13.0. The minimum absolute atomic E-state index is 0.0328. The molecular formula is C18H17FN4O3. The van der Waals surface area contributed by atoms with Crippen molar-refractivity contribution in [3.63, 3.8) is 0 Å². The molecule has 0 spiro atoms. The highest BCUT2D eigenvalue weighted by atomic mass is 19.1. The van der Waals surface area contributed by atoms with Crippen LogP contribution in [0.3, 0.4) is 0 Å². The fourth-order valence-electron chi connectivity index (χ4n) is 3.15. The van der Waals surface area contributed by atoms with Gasteiger partial charge in [-0.25, -0.2) is 4.39 Å². The van der Waals surface area contributed by atoms with E-state index < -0.39 is 0 Å². The summed E-state index contributed by atoms with van der Waals surface area (Å²) < 4.78 is 23.3. The second-order valence-electron chi connectivity index (χ2n) is 6.37. The van der Waals surface area contributed by atoms with Crippen LogP contribution in [0.5, 0.6) is 0 Å². The molecule has 26 heavy (non-hydrogen) atoms. The molecule has 0 aliphatic carbocycles. The molecule has 1 aliphatic rings. The Kier molecular flexibility index (Phi) is 4.24. The molecular weight excluding hydrogens is 339 g/mol. The van der Waals surface area contributed by atoms with Gasteiger partial charge < -0.3 is 13.9 Å². The Morgan fingerprint density at radius 2 is 2.08 bits per heavy atom. The summed E-state index contributed by atoms with van der Waals surface area (Å²) in [6.45, 7) is 2.90. The van der Waals surface area contributed by atoms with Crippen LogP contribution in [-0.4, -0.2) is 39.2 Å². The third-order valence-electron chi connectivity index (χ3n) is 4.58. The van der Waals surface area contributed by atoms with Crippen molar-refractivity contribution >= 4 is 5.91 Å². The van der Waals surface area contributed by atoms with E-state index in [2.05, 4.69) is 15.3 Å². The summed E-state index contributed by atoms with van der Waals surface area (Å²) in [5.74, 6) is 0.450. The lowest BCUT2D eigenvalue weighted by molar-refractivity contribution is 0.0694. The average Bonchev–Trinajstić information content (AvgIpc) is 3.31. The second kappa shape index (κ2) is 6.70. The molecule has 7 nitrogen and oxygen atoms in total. The number of likely N-dealkylation sites (tertiary alicyclic amines) is 1. The van der Waals surface area contributed by atoms with Crippen molar-refractivity contribution < 1.29 is 18.2 Å². The zero-order valence-corrected chi connectivity index (χ0v) is 14.2. The van der Waals surface area contributed by atoms with Crippen molar-refractivity contribution in [3.05, 3.63) is 53.5 Å². The SMILES string of the molecule is Cc1nocc1C(=O)N1CCCC(c2nc(-c3ccc(F)cc3)no2)C1. The van der Waals surface area contributed by atoms with Gasteiger partial charge in [-0.2, -0.15) is 4.98 Å². The van der Waals surface area contributed by atoms with Crippen LogP contribution < -0.4 is 0 Å². The maximum Gasteiger partial charge on any atom is 0.259 e. The molecule has 2 aromatic heterocycles. The Labute approximate surface area is 148 Å². The molecule has 1 aliphatic heterocycles. The summed E-state index contributed by atoms with van der Waals surface area (Å²) in [7, 11) is 0. The quantitative estimate of drug-likeness (QED) is 0.716. The van der Waals surface area contributed by atoms with E-state index in [1.807, 2.05) is 0 Å². The third kappa shape index (κ3) is 3.10. The number of carbonyl (C=O) groups excluding carboxylic acids is 1. The summed E-state index contributed by atoms with van der Waals surface area (Å²) in [6.07, 6.45) is 3.08. The summed E-state index contributed by atoms with van der Waals surface area (Å²) in [4.78, 5) is 18.8. The molecule has 1 fully saturated rings. The molecule has 0 radical (unpaired) electrons. The Bertz CT molecular complexity index is 919. The molecule has 134 valence electrons. The first kappa shape index (κ1) is 16.4. The Hall–Kier alpha value is -3.03. The summed E-state index contributed by atoms with van der Waals surface area (Å²) >= 11 is 0. The number of aromatic nitrogens is 3. The molecule has 4 rings (SSSR count). The zero-order valence-electron chi connectivity index (χ0n) is 14.2. The van der Waals surface area contributed by atoms with Crippen molar-refractivity contribution in [1.82, 2.24) is 20.2 Å². The topological polar surface area (TPSA) is 85.3 Å². The average molecular weight is 356 g/mol. The molecule has 1 aromatic carbocycles. The molecule has 8 heteroatoms.